The average molecular weight is 324 g/mol. The van der Waals surface area contributed by atoms with E-state index in [1.54, 1.807) is 23.6 Å². The van der Waals surface area contributed by atoms with Crippen molar-refractivity contribution in [3.8, 4) is 0 Å². The fourth-order valence-electron chi connectivity index (χ4n) is 1.92. The molecule has 1 amide bonds. The first-order chi connectivity index (χ1) is 10.1. The summed E-state index contributed by atoms with van der Waals surface area (Å²) in [5.74, 6) is -0.0428. The number of aryl methyl sites for hydroxylation is 1. The summed E-state index contributed by atoms with van der Waals surface area (Å²) in [5, 5.41) is 6.49. The second-order valence-corrected chi connectivity index (χ2v) is 6.15. The number of halogens is 1. The molecule has 0 unspecified atom stereocenters. The number of likely N-dealkylation sites (N-methyl/N-ethyl adjacent to an activating group) is 1. The molecule has 1 N–H and O–H groups in total. The summed E-state index contributed by atoms with van der Waals surface area (Å²) in [5.41, 5.74) is 1.76. The molecule has 1 aromatic heterocycles. The highest BCUT2D eigenvalue weighted by Crippen LogP contribution is 2.20. The largest absolute Gasteiger partial charge is 0.325 e. The van der Waals surface area contributed by atoms with E-state index < -0.39 is 0 Å². The summed E-state index contributed by atoms with van der Waals surface area (Å²) in [6.07, 6.45) is 1.78. The Balaban J connectivity index is 1.95. The molecule has 1 aromatic carbocycles. The Labute approximate surface area is 133 Å². The molecule has 2 aromatic rings. The first kappa shape index (κ1) is 15.9. The number of carbonyl (C=O) groups excluding carboxylic acids is 1. The Morgan fingerprint density at radius 2 is 2.29 bits per heavy atom. The Morgan fingerprint density at radius 1 is 1.48 bits per heavy atom. The molecule has 0 saturated carbocycles. The lowest BCUT2D eigenvalue weighted by atomic mass is 10.2. The van der Waals surface area contributed by atoms with Crippen LogP contribution in [0.3, 0.4) is 0 Å². The van der Waals surface area contributed by atoms with E-state index in [2.05, 4.69) is 10.3 Å². The van der Waals surface area contributed by atoms with Crippen molar-refractivity contribution in [2.75, 3.05) is 18.4 Å². The predicted molar refractivity (Wildman–Crippen MR) is 87.9 cm³/mol. The van der Waals surface area contributed by atoms with E-state index in [-0.39, 0.29) is 5.91 Å². The van der Waals surface area contributed by atoms with Crippen LogP contribution in [0.15, 0.2) is 29.8 Å². The molecule has 0 saturated heterocycles. The zero-order chi connectivity index (χ0) is 15.2. The predicted octanol–water partition coefficient (Wildman–Crippen LogP) is 3.57. The maximum absolute atomic E-state index is 12.2. The van der Waals surface area contributed by atoms with Crippen LogP contribution < -0.4 is 5.32 Å². The molecule has 0 spiro atoms. The SMILES string of the molecule is CCN(CC(=O)Nc1cc(Cl)ccc1C)Cc1nccs1. The first-order valence-electron chi connectivity index (χ1n) is 6.75. The van der Waals surface area contributed by atoms with Crippen LogP contribution >= 0.6 is 22.9 Å². The Kier molecular flexibility index (Phi) is 5.73. The van der Waals surface area contributed by atoms with E-state index in [0.717, 1.165) is 22.8 Å². The third-order valence-corrected chi connectivity index (χ3v) is 4.13. The van der Waals surface area contributed by atoms with E-state index in [1.165, 1.54) is 0 Å². The number of benzene rings is 1. The minimum Gasteiger partial charge on any atom is -0.325 e. The molecule has 6 heteroatoms. The smallest absolute Gasteiger partial charge is 0.238 e. The van der Waals surface area contributed by atoms with E-state index in [0.29, 0.717) is 18.1 Å². The van der Waals surface area contributed by atoms with Crippen LogP contribution in [0.2, 0.25) is 5.02 Å². The van der Waals surface area contributed by atoms with E-state index >= 15 is 0 Å². The fourth-order valence-corrected chi connectivity index (χ4v) is 2.75. The van der Waals surface area contributed by atoms with Crippen molar-refractivity contribution in [1.82, 2.24) is 9.88 Å². The zero-order valence-electron chi connectivity index (χ0n) is 12.1. The molecule has 0 radical (unpaired) electrons. The zero-order valence-corrected chi connectivity index (χ0v) is 13.7. The van der Waals surface area contributed by atoms with Gasteiger partial charge in [0.25, 0.3) is 0 Å². The summed E-state index contributed by atoms with van der Waals surface area (Å²) < 4.78 is 0. The van der Waals surface area contributed by atoms with Gasteiger partial charge in [0.05, 0.1) is 13.1 Å². The molecule has 0 atom stereocenters. The molecular formula is C15H18ClN3OS. The van der Waals surface area contributed by atoms with Gasteiger partial charge >= 0.3 is 0 Å². The van der Waals surface area contributed by atoms with Crippen LogP contribution in [0.1, 0.15) is 17.5 Å². The molecular weight excluding hydrogens is 306 g/mol. The van der Waals surface area contributed by atoms with Gasteiger partial charge in [-0.15, -0.1) is 11.3 Å². The van der Waals surface area contributed by atoms with E-state index in [1.807, 2.05) is 36.3 Å². The van der Waals surface area contributed by atoms with Crippen LogP contribution in [0.5, 0.6) is 0 Å². The number of thiazole rings is 1. The van der Waals surface area contributed by atoms with Crippen LogP contribution in [-0.4, -0.2) is 28.9 Å². The van der Waals surface area contributed by atoms with Crippen LogP contribution in [-0.2, 0) is 11.3 Å². The van der Waals surface area contributed by atoms with Crippen molar-refractivity contribution in [1.29, 1.82) is 0 Å². The lowest BCUT2D eigenvalue weighted by Crippen LogP contribution is -2.32. The quantitative estimate of drug-likeness (QED) is 0.884. The van der Waals surface area contributed by atoms with Gasteiger partial charge in [0.1, 0.15) is 5.01 Å². The summed E-state index contributed by atoms with van der Waals surface area (Å²) in [6, 6.07) is 5.48. The van der Waals surface area contributed by atoms with Gasteiger partial charge in [0.2, 0.25) is 5.91 Å². The molecule has 1 heterocycles. The molecule has 21 heavy (non-hydrogen) atoms. The number of rotatable bonds is 6. The second kappa shape index (κ2) is 7.54. The van der Waals surface area contributed by atoms with Crippen molar-refractivity contribution in [3.05, 3.63) is 45.4 Å². The maximum atomic E-state index is 12.2. The number of anilines is 1. The summed E-state index contributed by atoms with van der Waals surface area (Å²) in [7, 11) is 0. The molecule has 0 aliphatic carbocycles. The standard InChI is InChI=1S/C15H18ClN3OS/c1-3-19(10-15-17-6-7-21-15)9-14(20)18-13-8-12(16)5-4-11(13)2/h4-8H,3,9-10H2,1-2H3,(H,18,20). The summed E-state index contributed by atoms with van der Waals surface area (Å²) in [4.78, 5) is 18.5. The number of amides is 1. The molecule has 4 nitrogen and oxygen atoms in total. The molecule has 0 aliphatic heterocycles. The molecule has 0 fully saturated rings. The van der Waals surface area contributed by atoms with Crippen molar-refractivity contribution >= 4 is 34.5 Å². The minimum atomic E-state index is -0.0428. The van der Waals surface area contributed by atoms with Gasteiger partial charge in [-0.1, -0.05) is 24.6 Å². The highest BCUT2D eigenvalue weighted by Gasteiger charge is 2.12. The lowest BCUT2D eigenvalue weighted by molar-refractivity contribution is -0.117. The third-order valence-electron chi connectivity index (χ3n) is 3.13. The van der Waals surface area contributed by atoms with Crippen molar-refractivity contribution in [3.63, 3.8) is 0 Å². The third kappa shape index (κ3) is 4.81. The van der Waals surface area contributed by atoms with Crippen LogP contribution in [0.4, 0.5) is 5.69 Å². The number of nitrogens with zero attached hydrogens (tertiary/aromatic N) is 2. The molecule has 0 bridgehead atoms. The molecule has 2 rings (SSSR count). The number of carbonyl (C=O) groups is 1. The highest BCUT2D eigenvalue weighted by atomic mass is 35.5. The Morgan fingerprint density at radius 3 is 2.95 bits per heavy atom. The van der Waals surface area contributed by atoms with Crippen molar-refractivity contribution in [2.45, 2.75) is 20.4 Å². The maximum Gasteiger partial charge on any atom is 0.238 e. The first-order valence-corrected chi connectivity index (χ1v) is 8.01. The Bertz CT molecular complexity index is 601. The van der Waals surface area contributed by atoms with Gasteiger partial charge < -0.3 is 5.32 Å². The van der Waals surface area contributed by atoms with Gasteiger partial charge in [-0.2, -0.15) is 0 Å². The normalized spacial score (nSPS) is 10.9. The van der Waals surface area contributed by atoms with Crippen LogP contribution in [0, 0.1) is 6.92 Å². The van der Waals surface area contributed by atoms with Gasteiger partial charge in [-0.25, -0.2) is 4.98 Å². The monoisotopic (exact) mass is 323 g/mol. The van der Waals surface area contributed by atoms with Gasteiger partial charge in [0, 0.05) is 22.3 Å². The van der Waals surface area contributed by atoms with Gasteiger partial charge in [-0.3, -0.25) is 9.69 Å². The Hall–Kier alpha value is -1.43. The number of hydrogen-bond donors (Lipinski definition) is 1. The lowest BCUT2D eigenvalue weighted by Gasteiger charge is -2.19. The van der Waals surface area contributed by atoms with E-state index in [9.17, 15) is 4.79 Å². The average Bonchev–Trinajstić information content (AvgIpc) is 2.95. The van der Waals surface area contributed by atoms with E-state index in [4.69, 9.17) is 11.6 Å². The van der Waals surface area contributed by atoms with Crippen LogP contribution in [0.25, 0.3) is 0 Å². The van der Waals surface area contributed by atoms with Crippen molar-refractivity contribution < 1.29 is 4.79 Å². The summed E-state index contributed by atoms with van der Waals surface area (Å²) in [6.45, 7) is 5.80. The number of nitrogens with one attached hydrogen (secondary N) is 1. The summed E-state index contributed by atoms with van der Waals surface area (Å²) >= 11 is 7.56. The number of aromatic nitrogens is 1. The fraction of sp³-hybridized carbons (Fsp3) is 0.333. The second-order valence-electron chi connectivity index (χ2n) is 4.74. The van der Waals surface area contributed by atoms with Gasteiger partial charge in [0.15, 0.2) is 0 Å². The van der Waals surface area contributed by atoms with Gasteiger partial charge in [-0.05, 0) is 31.2 Å². The highest BCUT2D eigenvalue weighted by molar-refractivity contribution is 7.09. The topological polar surface area (TPSA) is 45.2 Å². The molecule has 0 aliphatic rings. The minimum absolute atomic E-state index is 0.0428. The molecule has 112 valence electrons. The number of hydrogen-bond acceptors (Lipinski definition) is 4. The van der Waals surface area contributed by atoms with Crippen molar-refractivity contribution in [2.24, 2.45) is 0 Å².